The van der Waals surface area contributed by atoms with Crippen LogP contribution in [0.5, 0.6) is 0 Å². The minimum atomic E-state index is -2.93. The number of hydrogen-bond donors (Lipinski definition) is 2. The second kappa shape index (κ2) is 8.72. The van der Waals surface area contributed by atoms with Gasteiger partial charge in [-0.05, 0) is 18.2 Å². The third-order valence-electron chi connectivity index (χ3n) is 3.03. The largest absolute Gasteiger partial charge is 0.414 e. The molecule has 0 atom stereocenters. The van der Waals surface area contributed by atoms with E-state index in [0.29, 0.717) is 5.02 Å². The summed E-state index contributed by atoms with van der Waals surface area (Å²) in [5, 5.41) is 9.49. The number of allylic oxidation sites excluding steroid dienone is 1. The number of rotatable bonds is 7. The molecule has 2 aromatic rings. The van der Waals surface area contributed by atoms with Gasteiger partial charge in [0, 0.05) is 24.6 Å². The van der Waals surface area contributed by atoms with Crippen molar-refractivity contribution in [2.75, 3.05) is 6.54 Å². The van der Waals surface area contributed by atoms with Crippen molar-refractivity contribution in [3.8, 4) is 0 Å². The summed E-state index contributed by atoms with van der Waals surface area (Å²) in [6.45, 7) is 0.0216. The summed E-state index contributed by atoms with van der Waals surface area (Å²) in [7, 11) is 0. The maximum atomic E-state index is 12.4. The average molecular weight is 405 g/mol. The lowest BCUT2D eigenvalue weighted by Crippen LogP contribution is -2.25. The number of benzene rings is 1. The average Bonchev–Trinajstić information content (AvgIpc) is 3.07. The molecule has 0 bridgehead atoms. The second-order valence-electron chi connectivity index (χ2n) is 4.95. The molecule has 0 aliphatic carbocycles. The molecule has 138 valence electrons. The third kappa shape index (κ3) is 5.24. The summed E-state index contributed by atoms with van der Waals surface area (Å²) in [6, 6.07) is 4.36. The van der Waals surface area contributed by atoms with Crippen molar-refractivity contribution in [1.82, 2.24) is 15.5 Å². The molecule has 1 aromatic carbocycles. The number of ketones is 1. The first-order valence-electron chi connectivity index (χ1n) is 7.13. The van der Waals surface area contributed by atoms with Gasteiger partial charge in [-0.3, -0.25) is 9.59 Å². The Labute approximate surface area is 156 Å². The smallest absolute Gasteiger partial charge is 0.314 e. The SMILES string of the molecule is N/C(=C\C(=O)CCNC(=O)c1ccc(Cl)c(Cl)c1)c1nnc(C(F)F)o1. The molecule has 1 heterocycles. The number of hydrogen-bond acceptors (Lipinski definition) is 6. The van der Waals surface area contributed by atoms with Gasteiger partial charge in [-0.25, -0.2) is 0 Å². The van der Waals surface area contributed by atoms with Crippen LogP contribution in [-0.2, 0) is 4.79 Å². The highest BCUT2D eigenvalue weighted by atomic mass is 35.5. The van der Waals surface area contributed by atoms with Gasteiger partial charge in [0.2, 0.25) is 0 Å². The topological polar surface area (TPSA) is 111 Å². The third-order valence-corrected chi connectivity index (χ3v) is 3.77. The molecular formula is C15H12Cl2F2N4O3. The van der Waals surface area contributed by atoms with Crippen LogP contribution in [0.4, 0.5) is 8.78 Å². The molecule has 0 saturated carbocycles. The number of alkyl halides is 2. The van der Waals surface area contributed by atoms with E-state index in [0.717, 1.165) is 6.08 Å². The van der Waals surface area contributed by atoms with Crippen molar-refractivity contribution < 1.29 is 22.8 Å². The van der Waals surface area contributed by atoms with Gasteiger partial charge in [0.1, 0.15) is 5.70 Å². The highest BCUT2D eigenvalue weighted by molar-refractivity contribution is 6.42. The van der Waals surface area contributed by atoms with Crippen molar-refractivity contribution in [3.05, 3.63) is 51.7 Å². The fraction of sp³-hybridized carbons (Fsp3) is 0.200. The Kier molecular flexibility index (Phi) is 6.64. The van der Waals surface area contributed by atoms with Gasteiger partial charge in [0.05, 0.1) is 10.0 Å². The van der Waals surface area contributed by atoms with Crippen molar-refractivity contribution in [2.24, 2.45) is 5.73 Å². The number of carbonyl (C=O) groups excluding carboxylic acids is 2. The van der Waals surface area contributed by atoms with Gasteiger partial charge in [0.15, 0.2) is 5.78 Å². The minimum absolute atomic E-state index is 0.0216. The highest BCUT2D eigenvalue weighted by Gasteiger charge is 2.17. The summed E-state index contributed by atoms with van der Waals surface area (Å²) in [5.74, 6) is -2.17. The molecule has 0 aliphatic heterocycles. The molecule has 0 aliphatic rings. The summed E-state index contributed by atoms with van der Waals surface area (Å²) >= 11 is 11.6. The first-order chi connectivity index (χ1) is 12.3. The Morgan fingerprint density at radius 3 is 2.62 bits per heavy atom. The van der Waals surface area contributed by atoms with E-state index in [4.69, 9.17) is 28.9 Å². The number of nitrogens with zero attached hydrogens (tertiary/aromatic N) is 2. The molecule has 0 saturated heterocycles. The molecule has 1 amide bonds. The maximum absolute atomic E-state index is 12.4. The number of aromatic nitrogens is 2. The number of halogens is 4. The first-order valence-corrected chi connectivity index (χ1v) is 7.88. The van der Waals surface area contributed by atoms with E-state index < -0.39 is 24.0 Å². The van der Waals surface area contributed by atoms with E-state index in [-0.39, 0.29) is 35.1 Å². The van der Waals surface area contributed by atoms with Gasteiger partial charge in [-0.2, -0.15) is 8.78 Å². The van der Waals surface area contributed by atoms with Crippen LogP contribution in [0.3, 0.4) is 0 Å². The van der Waals surface area contributed by atoms with E-state index >= 15 is 0 Å². The number of amides is 1. The minimum Gasteiger partial charge on any atom is -0.414 e. The Bertz CT molecular complexity index is 855. The first kappa shape index (κ1) is 19.8. The second-order valence-corrected chi connectivity index (χ2v) is 5.76. The number of nitrogens with two attached hydrogens (primary N) is 1. The number of carbonyl (C=O) groups is 2. The van der Waals surface area contributed by atoms with Crippen LogP contribution in [-0.4, -0.2) is 28.4 Å². The van der Waals surface area contributed by atoms with Crippen molar-refractivity contribution in [3.63, 3.8) is 0 Å². The molecule has 0 spiro atoms. The Balaban J connectivity index is 1.87. The summed E-state index contributed by atoms with van der Waals surface area (Å²) < 4.78 is 29.3. The van der Waals surface area contributed by atoms with Gasteiger partial charge < -0.3 is 15.5 Å². The van der Waals surface area contributed by atoms with Crippen LogP contribution in [0.2, 0.25) is 10.0 Å². The summed E-state index contributed by atoms with van der Waals surface area (Å²) in [5.41, 5.74) is 5.59. The predicted octanol–water partition coefficient (Wildman–Crippen LogP) is 3.00. The van der Waals surface area contributed by atoms with Crippen LogP contribution < -0.4 is 11.1 Å². The van der Waals surface area contributed by atoms with E-state index in [2.05, 4.69) is 19.9 Å². The van der Waals surface area contributed by atoms with Crippen molar-refractivity contribution in [2.45, 2.75) is 12.8 Å². The van der Waals surface area contributed by atoms with Gasteiger partial charge in [0.25, 0.3) is 17.7 Å². The van der Waals surface area contributed by atoms with Crippen molar-refractivity contribution >= 4 is 40.6 Å². The zero-order valence-electron chi connectivity index (χ0n) is 13.0. The number of nitrogens with one attached hydrogen (secondary N) is 1. The van der Waals surface area contributed by atoms with Crippen LogP contribution in [0.1, 0.15) is 35.0 Å². The quantitative estimate of drug-likeness (QED) is 0.686. The molecule has 3 N–H and O–H groups in total. The lowest BCUT2D eigenvalue weighted by molar-refractivity contribution is -0.114. The van der Waals surface area contributed by atoms with Gasteiger partial charge >= 0.3 is 6.43 Å². The molecular weight excluding hydrogens is 393 g/mol. The van der Waals surface area contributed by atoms with E-state index in [9.17, 15) is 18.4 Å². The van der Waals surface area contributed by atoms with E-state index in [1.165, 1.54) is 18.2 Å². The molecule has 0 fully saturated rings. The van der Waals surface area contributed by atoms with Crippen LogP contribution in [0, 0.1) is 0 Å². The molecule has 1 aromatic heterocycles. The Morgan fingerprint density at radius 1 is 1.27 bits per heavy atom. The molecule has 0 radical (unpaired) electrons. The van der Waals surface area contributed by atoms with E-state index in [1.807, 2.05) is 0 Å². The fourth-order valence-corrected chi connectivity index (χ4v) is 2.08. The van der Waals surface area contributed by atoms with Crippen molar-refractivity contribution in [1.29, 1.82) is 0 Å². The predicted molar refractivity (Wildman–Crippen MR) is 89.8 cm³/mol. The molecule has 7 nitrogen and oxygen atoms in total. The zero-order valence-corrected chi connectivity index (χ0v) is 14.5. The normalized spacial score (nSPS) is 11.7. The van der Waals surface area contributed by atoms with Crippen LogP contribution in [0.25, 0.3) is 5.70 Å². The summed E-state index contributed by atoms with van der Waals surface area (Å²) in [6.07, 6.45) is -2.05. The monoisotopic (exact) mass is 404 g/mol. The standard InChI is InChI=1S/C15H12Cl2F2N4O3/c16-9-2-1-7(5-10(9)17)13(25)21-4-3-8(24)6-11(20)14-22-23-15(26-14)12(18)19/h1-2,5-6,12H,3-4,20H2,(H,21,25)/b11-6-. The maximum Gasteiger partial charge on any atom is 0.314 e. The lowest BCUT2D eigenvalue weighted by Gasteiger charge is -2.05. The Morgan fingerprint density at radius 2 is 2.00 bits per heavy atom. The van der Waals surface area contributed by atoms with Gasteiger partial charge in [-0.1, -0.05) is 23.2 Å². The molecule has 2 rings (SSSR count). The highest BCUT2D eigenvalue weighted by Crippen LogP contribution is 2.22. The summed E-state index contributed by atoms with van der Waals surface area (Å²) in [4.78, 5) is 23.7. The van der Waals surface area contributed by atoms with E-state index in [1.54, 1.807) is 0 Å². The fourth-order valence-electron chi connectivity index (χ4n) is 1.79. The Hall–Kier alpha value is -2.52. The molecule has 0 unspecified atom stereocenters. The molecule has 11 heteroatoms. The van der Waals surface area contributed by atoms with Crippen LogP contribution >= 0.6 is 23.2 Å². The molecule has 26 heavy (non-hydrogen) atoms. The lowest BCUT2D eigenvalue weighted by atomic mass is 10.2. The van der Waals surface area contributed by atoms with Gasteiger partial charge in [-0.15, -0.1) is 10.2 Å². The zero-order chi connectivity index (χ0) is 19.3. The van der Waals surface area contributed by atoms with Crippen LogP contribution in [0.15, 0.2) is 28.7 Å².